The maximum absolute atomic E-state index is 10.3. The Hall–Kier alpha value is -0.480. The minimum atomic E-state index is -0.308. The first kappa shape index (κ1) is 8.52. The lowest BCUT2D eigenvalue weighted by molar-refractivity contribution is -0.114. The second-order valence-electron chi connectivity index (χ2n) is 1.84. The Balaban J connectivity index is 3.59. The highest BCUT2D eigenvalue weighted by atomic mass is 35.5. The molecule has 0 N–H and O–H groups in total. The monoisotopic (exact) mass is 144 g/mol. The van der Waals surface area contributed by atoms with Crippen LogP contribution >= 0.6 is 11.6 Å². The van der Waals surface area contributed by atoms with Crippen molar-refractivity contribution < 1.29 is 4.79 Å². The lowest BCUT2D eigenvalue weighted by atomic mass is 10.1. The molecule has 0 bridgehead atoms. The summed E-state index contributed by atoms with van der Waals surface area (Å²) in [6.45, 7) is 3.51. The average molecular weight is 145 g/mol. The van der Waals surface area contributed by atoms with Crippen LogP contribution in [-0.4, -0.2) is 5.24 Å². The Labute approximate surface area is 60.4 Å². The van der Waals surface area contributed by atoms with Crippen LogP contribution < -0.4 is 0 Å². The van der Waals surface area contributed by atoms with Gasteiger partial charge in [-0.25, -0.2) is 0 Å². The highest BCUT2D eigenvalue weighted by Crippen LogP contribution is 2.03. The molecule has 1 atom stereocenters. The van der Waals surface area contributed by atoms with E-state index in [2.05, 4.69) is 11.8 Å². The van der Waals surface area contributed by atoms with Gasteiger partial charge in [-0.15, -0.1) is 11.8 Å². The van der Waals surface area contributed by atoms with Crippen molar-refractivity contribution in [1.82, 2.24) is 0 Å². The molecule has 2 heteroatoms. The fourth-order valence-corrected chi connectivity index (χ4v) is 0.413. The Kier molecular flexibility index (Phi) is 4.17. The molecule has 0 aliphatic carbocycles. The van der Waals surface area contributed by atoms with Crippen molar-refractivity contribution in [3.8, 4) is 11.8 Å². The molecule has 0 spiro atoms. The third-order valence-corrected chi connectivity index (χ3v) is 1.34. The normalized spacial score (nSPS) is 11.4. The van der Waals surface area contributed by atoms with E-state index < -0.39 is 0 Å². The highest BCUT2D eigenvalue weighted by molar-refractivity contribution is 6.63. The Morgan fingerprint density at radius 3 is 2.67 bits per heavy atom. The lowest BCUT2D eigenvalue weighted by Gasteiger charge is -1.96. The summed E-state index contributed by atoms with van der Waals surface area (Å²) < 4.78 is 0. The molecule has 0 saturated carbocycles. The molecule has 50 valence electrons. The Morgan fingerprint density at radius 1 is 1.78 bits per heavy atom. The smallest absolute Gasteiger partial charge is 0.225 e. The van der Waals surface area contributed by atoms with Gasteiger partial charge in [0.05, 0.1) is 0 Å². The molecule has 0 aliphatic rings. The van der Waals surface area contributed by atoms with Crippen molar-refractivity contribution >= 4 is 16.8 Å². The van der Waals surface area contributed by atoms with E-state index in [9.17, 15) is 4.79 Å². The SMILES string of the molecule is CC#CCC(C)C(=O)Cl. The predicted octanol–water partition coefficient (Wildman–Crippen LogP) is 1.80. The molecule has 0 heterocycles. The molecule has 0 fully saturated rings. The van der Waals surface area contributed by atoms with Crippen molar-refractivity contribution in [3.63, 3.8) is 0 Å². The fraction of sp³-hybridized carbons (Fsp3) is 0.571. The molecular formula is C7H9ClO. The van der Waals surface area contributed by atoms with E-state index in [1.807, 2.05) is 0 Å². The molecule has 9 heavy (non-hydrogen) atoms. The van der Waals surface area contributed by atoms with Crippen molar-refractivity contribution in [1.29, 1.82) is 0 Å². The van der Waals surface area contributed by atoms with Crippen molar-refractivity contribution in [2.24, 2.45) is 5.92 Å². The van der Waals surface area contributed by atoms with Gasteiger partial charge in [-0.2, -0.15) is 0 Å². The van der Waals surface area contributed by atoms with Crippen molar-refractivity contribution in [2.75, 3.05) is 0 Å². The maximum atomic E-state index is 10.3. The van der Waals surface area contributed by atoms with E-state index in [0.29, 0.717) is 6.42 Å². The topological polar surface area (TPSA) is 17.1 Å². The zero-order chi connectivity index (χ0) is 7.28. The molecule has 0 aromatic carbocycles. The number of rotatable bonds is 2. The van der Waals surface area contributed by atoms with Crippen LogP contribution in [0.5, 0.6) is 0 Å². The number of halogens is 1. The van der Waals surface area contributed by atoms with E-state index in [-0.39, 0.29) is 11.2 Å². The molecular weight excluding hydrogens is 136 g/mol. The van der Waals surface area contributed by atoms with E-state index in [1.165, 1.54) is 0 Å². The summed E-state index contributed by atoms with van der Waals surface area (Å²) in [4.78, 5) is 10.3. The van der Waals surface area contributed by atoms with Crippen molar-refractivity contribution in [3.05, 3.63) is 0 Å². The van der Waals surface area contributed by atoms with Crippen LogP contribution in [0.3, 0.4) is 0 Å². The van der Waals surface area contributed by atoms with Crippen molar-refractivity contribution in [2.45, 2.75) is 20.3 Å². The largest absolute Gasteiger partial charge is 0.281 e. The van der Waals surface area contributed by atoms with Crippen LogP contribution in [0.25, 0.3) is 0 Å². The van der Waals surface area contributed by atoms with Gasteiger partial charge < -0.3 is 0 Å². The second kappa shape index (κ2) is 4.40. The van der Waals surface area contributed by atoms with Crippen LogP contribution in [0.1, 0.15) is 20.3 Å². The van der Waals surface area contributed by atoms with Crippen LogP contribution in [0, 0.1) is 17.8 Å². The van der Waals surface area contributed by atoms with Crippen LogP contribution in [0.2, 0.25) is 0 Å². The first-order chi connectivity index (χ1) is 4.18. The lowest BCUT2D eigenvalue weighted by Crippen LogP contribution is -2.01. The number of carbonyl (C=O) groups is 1. The van der Waals surface area contributed by atoms with Gasteiger partial charge in [0, 0.05) is 12.3 Å². The quantitative estimate of drug-likeness (QED) is 0.427. The predicted molar refractivity (Wildman–Crippen MR) is 38.1 cm³/mol. The third-order valence-electron chi connectivity index (χ3n) is 0.972. The molecule has 0 radical (unpaired) electrons. The molecule has 0 amide bonds. The van der Waals surface area contributed by atoms with Gasteiger partial charge in [0.15, 0.2) is 0 Å². The summed E-state index contributed by atoms with van der Waals surface area (Å²) in [5, 5.41) is -0.308. The summed E-state index contributed by atoms with van der Waals surface area (Å²) >= 11 is 5.16. The minimum absolute atomic E-state index is 0.126. The summed E-state index contributed by atoms with van der Waals surface area (Å²) in [5.74, 6) is 5.34. The molecule has 0 aromatic rings. The second-order valence-corrected chi connectivity index (χ2v) is 2.21. The number of carbonyl (C=O) groups excluding carboxylic acids is 1. The van der Waals surface area contributed by atoms with Gasteiger partial charge >= 0.3 is 0 Å². The van der Waals surface area contributed by atoms with E-state index >= 15 is 0 Å². The third kappa shape index (κ3) is 4.05. The number of hydrogen-bond donors (Lipinski definition) is 0. The van der Waals surface area contributed by atoms with Gasteiger partial charge in [0.2, 0.25) is 5.24 Å². The zero-order valence-electron chi connectivity index (χ0n) is 5.57. The zero-order valence-corrected chi connectivity index (χ0v) is 6.33. The van der Waals surface area contributed by atoms with Crippen LogP contribution in [-0.2, 0) is 4.79 Å². The fourth-order valence-electron chi connectivity index (χ4n) is 0.335. The molecule has 0 aliphatic heterocycles. The molecule has 0 aromatic heterocycles. The summed E-state index contributed by atoms with van der Waals surface area (Å²) in [7, 11) is 0. The van der Waals surface area contributed by atoms with E-state index in [0.717, 1.165) is 0 Å². The minimum Gasteiger partial charge on any atom is -0.281 e. The standard InChI is InChI=1S/C7H9ClO/c1-3-4-5-6(2)7(8)9/h6H,5H2,1-2H3. The van der Waals surface area contributed by atoms with Gasteiger partial charge in [-0.05, 0) is 18.5 Å². The molecule has 1 nitrogen and oxygen atoms in total. The van der Waals surface area contributed by atoms with Gasteiger partial charge in [-0.3, -0.25) is 4.79 Å². The summed E-state index contributed by atoms with van der Waals surface area (Å²) in [6.07, 6.45) is 0.568. The molecule has 0 saturated heterocycles. The van der Waals surface area contributed by atoms with Crippen LogP contribution in [0.4, 0.5) is 0 Å². The summed E-state index contributed by atoms with van der Waals surface area (Å²) in [5.41, 5.74) is 0. The summed E-state index contributed by atoms with van der Waals surface area (Å²) in [6, 6.07) is 0. The maximum Gasteiger partial charge on any atom is 0.225 e. The first-order valence-corrected chi connectivity index (χ1v) is 3.15. The number of hydrogen-bond acceptors (Lipinski definition) is 1. The van der Waals surface area contributed by atoms with Gasteiger partial charge in [0.25, 0.3) is 0 Å². The average Bonchev–Trinajstić information content (AvgIpc) is 1.82. The Bertz CT molecular complexity index is 152. The van der Waals surface area contributed by atoms with E-state index in [4.69, 9.17) is 11.6 Å². The van der Waals surface area contributed by atoms with Gasteiger partial charge in [0.1, 0.15) is 0 Å². The first-order valence-electron chi connectivity index (χ1n) is 2.77. The Morgan fingerprint density at radius 2 is 2.33 bits per heavy atom. The molecule has 1 unspecified atom stereocenters. The van der Waals surface area contributed by atoms with E-state index in [1.54, 1.807) is 13.8 Å². The van der Waals surface area contributed by atoms with Crippen LogP contribution in [0.15, 0.2) is 0 Å². The molecule has 0 rings (SSSR count). The van der Waals surface area contributed by atoms with Gasteiger partial charge in [-0.1, -0.05) is 6.92 Å². The highest BCUT2D eigenvalue weighted by Gasteiger charge is 2.06.